The van der Waals surface area contributed by atoms with Gasteiger partial charge in [-0.25, -0.2) is 0 Å². The predicted octanol–water partition coefficient (Wildman–Crippen LogP) is 10.1. The molecule has 0 saturated carbocycles. The predicted molar refractivity (Wildman–Crippen MR) is 147 cm³/mol. The Morgan fingerprint density at radius 1 is 0.500 bits per heavy atom. The number of carbonyl (C=O) groups is 2. The Balaban J connectivity index is 3.58. The fraction of sp³-hybridized carbons (Fsp3) is 0.935. The summed E-state index contributed by atoms with van der Waals surface area (Å²) in [6, 6.07) is 0. The van der Waals surface area contributed by atoms with E-state index in [1.807, 2.05) is 0 Å². The Hall–Kier alpha value is -0.860. The first-order chi connectivity index (χ1) is 16.6. The molecule has 0 rings (SSSR count). The monoisotopic (exact) mass is 480 g/mol. The SMILES string of the molecule is CCCCCCCCCC(=O)CCCCCCCCC(=O)OCC(CCCC)CCCCCC. The fourth-order valence-electron chi connectivity index (χ4n) is 4.65. The Labute approximate surface area is 213 Å². The number of hydrogen-bond donors (Lipinski definition) is 0. The van der Waals surface area contributed by atoms with E-state index in [1.165, 1.54) is 96.3 Å². The van der Waals surface area contributed by atoms with E-state index in [4.69, 9.17) is 4.74 Å². The van der Waals surface area contributed by atoms with Gasteiger partial charge in [-0.05, 0) is 38.0 Å². The molecule has 0 aliphatic rings. The average Bonchev–Trinajstić information content (AvgIpc) is 2.84. The van der Waals surface area contributed by atoms with Crippen LogP contribution in [0.2, 0.25) is 0 Å². The molecule has 0 spiro atoms. The van der Waals surface area contributed by atoms with E-state index in [0.29, 0.717) is 24.7 Å². The Morgan fingerprint density at radius 3 is 1.44 bits per heavy atom. The second-order valence-electron chi connectivity index (χ2n) is 10.6. The molecule has 1 atom stereocenters. The minimum atomic E-state index is -0.00832. The second-order valence-corrected chi connectivity index (χ2v) is 10.6. The molecule has 0 amide bonds. The van der Waals surface area contributed by atoms with Gasteiger partial charge in [0, 0.05) is 19.3 Å². The van der Waals surface area contributed by atoms with Gasteiger partial charge in [0.1, 0.15) is 5.78 Å². The van der Waals surface area contributed by atoms with Gasteiger partial charge in [-0.3, -0.25) is 9.59 Å². The highest BCUT2D eigenvalue weighted by Crippen LogP contribution is 2.18. The Bertz CT molecular complexity index is 446. The van der Waals surface area contributed by atoms with Crippen LogP contribution in [-0.2, 0) is 14.3 Å². The summed E-state index contributed by atoms with van der Waals surface area (Å²) in [5.41, 5.74) is 0. The van der Waals surface area contributed by atoms with Crippen molar-refractivity contribution in [2.24, 2.45) is 5.92 Å². The number of esters is 1. The standard InChI is InChI=1S/C31H60O3/c1-4-7-10-12-13-16-20-25-30(32)26-21-17-14-15-18-22-27-31(33)34-28-29(23-9-6-3)24-19-11-8-5-2/h29H,4-28H2,1-3H3. The molecule has 0 fully saturated rings. The molecule has 0 aromatic heterocycles. The molecule has 202 valence electrons. The third kappa shape index (κ3) is 24.3. The second kappa shape index (κ2) is 26.7. The van der Waals surface area contributed by atoms with E-state index >= 15 is 0 Å². The van der Waals surface area contributed by atoms with Crippen molar-refractivity contribution >= 4 is 11.8 Å². The third-order valence-corrected chi connectivity index (χ3v) is 7.06. The summed E-state index contributed by atoms with van der Waals surface area (Å²) in [4.78, 5) is 24.1. The zero-order valence-electron chi connectivity index (χ0n) is 23.5. The van der Waals surface area contributed by atoms with Crippen LogP contribution in [0.1, 0.15) is 175 Å². The zero-order chi connectivity index (χ0) is 25.1. The quantitative estimate of drug-likeness (QED) is 0.0867. The first kappa shape index (κ1) is 33.1. The van der Waals surface area contributed by atoms with E-state index in [2.05, 4.69) is 20.8 Å². The highest BCUT2D eigenvalue weighted by molar-refractivity contribution is 5.78. The van der Waals surface area contributed by atoms with Gasteiger partial charge >= 0.3 is 5.97 Å². The first-order valence-corrected chi connectivity index (χ1v) is 15.3. The van der Waals surface area contributed by atoms with Crippen molar-refractivity contribution in [1.29, 1.82) is 0 Å². The number of ether oxygens (including phenoxy) is 1. The molecule has 0 N–H and O–H groups in total. The first-order valence-electron chi connectivity index (χ1n) is 15.3. The lowest BCUT2D eigenvalue weighted by Gasteiger charge is -2.16. The van der Waals surface area contributed by atoms with Gasteiger partial charge in [0.2, 0.25) is 0 Å². The molecular formula is C31H60O3. The van der Waals surface area contributed by atoms with Gasteiger partial charge in [-0.1, -0.05) is 124 Å². The third-order valence-electron chi connectivity index (χ3n) is 7.06. The number of rotatable bonds is 27. The molecule has 0 saturated heterocycles. The molecule has 0 radical (unpaired) electrons. The van der Waals surface area contributed by atoms with Crippen molar-refractivity contribution in [3.63, 3.8) is 0 Å². The minimum Gasteiger partial charge on any atom is -0.465 e. The fourth-order valence-corrected chi connectivity index (χ4v) is 4.65. The van der Waals surface area contributed by atoms with Crippen LogP contribution in [0.25, 0.3) is 0 Å². The van der Waals surface area contributed by atoms with Gasteiger partial charge < -0.3 is 4.74 Å². The molecular weight excluding hydrogens is 420 g/mol. The lowest BCUT2D eigenvalue weighted by atomic mass is 9.96. The molecule has 0 heterocycles. The number of Topliss-reactive ketones (excluding diaryl/α,β-unsaturated/α-hetero) is 1. The molecule has 0 aliphatic heterocycles. The maximum atomic E-state index is 12.1. The van der Waals surface area contributed by atoms with E-state index < -0.39 is 0 Å². The largest absolute Gasteiger partial charge is 0.465 e. The van der Waals surface area contributed by atoms with E-state index in [-0.39, 0.29) is 5.97 Å². The molecule has 0 aromatic carbocycles. The van der Waals surface area contributed by atoms with Crippen LogP contribution < -0.4 is 0 Å². The average molecular weight is 481 g/mol. The summed E-state index contributed by atoms with van der Waals surface area (Å²) in [5, 5.41) is 0. The van der Waals surface area contributed by atoms with Crippen LogP contribution in [0.5, 0.6) is 0 Å². The summed E-state index contributed by atoms with van der Waals surface area (Å²) >= 11 is 0. The van der Waals surface area contributed by atoms with Crippen LogP contribution in [-0.4, -0.2) is 18.4 Å². The number of carbonyl (C=O) groups excluding carboxylic acids is 2. The minimum absolute atomic E-state index is 0.00832. The number of unbranched alkanes of at least 4 members (excludes halogenated alkanes) is 15. The lowest BCUT2D eigenvalue weighted by molar-refractivity contribution is -0.145. The Kier molecular flexibility index (Phi) is 26.1. The maximum Gasteiger partial charge on any atom is 0.305 e. The topological polar surface area (TPSA) is 43.4 Å². The van der Waals surface area contributed by atoms with Crippen LogP contribution in [0.4, 0.5) is 0 Å². The van der Waals surface area contributed by atoms with E-state index in [1.54, 1.807) is 0 Å². The van der Waals surface area contributed by atoms with Crippen molar-refractivity contribution in [3.8, 4) is 0 Å². The zero-order valence-corrected chi connectivity index (χ0v) is 23.5. The summed E-state index contributed by atoms with van der Waals surface area (Å²) < 4.78 is 5.62. The van der Waals surface area contributed by atoms with Crippen molar-refractivity contribution in [2.45, 2.75) is 175 Å². The lowest BCUT2D eigenvalue weighted by Crippen LogP contribution is -2.14. The Morgan fingerprint density at radius 2 is 0.912 bits per heavy atom. The normalized spacial score (nSPS) is 12.1. The van der Waals surface area contributed by atoms with Crippen molar-refractivity contribution < 1.29 is 14.3 Å². The molecule has 0 bridgehead atoms. The summed E-state index contributed by atoms with van der Waals surface area (Å²) in [6.07, 6.45) is 27.6. The molecule has 34 heavy (non-hydrogen) atoms. The van der Waals surface area contributed by atoms with E-state index in [0.717, 1.165) is 51.4 Å². The van der Waals surface area contributed by atoms with Crippen LogP contribution in [0.15, 0.2) is 0 Å². The maximum absolute atomic E-state index is 12.1. The molecule has 0 aliphatic carbocycles. The van der Waals surface area contributed by atoms with Gasteiger partial charge in [0.05, 0.1) is 6.61 Å². The van der Waals surface area contributed by atoms with Gasteiger partial charge in [0.25, 0.3) is 0 Å². The van der Waals surface area contributed by atoms with Gasteiger partial charge in [-0.15, -0.1) is 0 Å². The number of ketones is 1. The van der Waals surface area contributed by atoms with Crippen molar-refractivity contribution in [1.82, 2.24) is 0 Å². The summed E-state index contributed by atoms with van der Waals surface area (Å²) in [7, 11) is 0. The molecule has 1 unspecified atom stereocenters. The number of hydrogen-bond acceptors (Lipinski definition) is 3. The van der Waals surface area contributed by atoms with Crippen molar-refractivity contribution in [3.05, 3.63) is 0 Å². The highest BCUT2D eigenvalue weighted by atomic mass is 16.5. The van der Waals surface area contributed by atoms with Crippen LogP contribution >= 0.6 is 0 Å². The summed E-state index contributed by atoms with van der Waals surface area (Å²) in [5.74, 6) is 0.999. The highest BCUT2D eigenvalue weighted by Gasteiger charge is 2.12. The van der Waals surface area contributed by atoms with Gasteiger partial charge in [0.15, 0.2) is 0 Å². The van der Waals surface area contributed by atoms with Crippen LogP contribution in [0.3, 0.4) is 0 Å². The van der Waals surface area contributed by atoms with Crippen LogP contribution in [0, 0.1) is 5.92 Å². The van der Waals surface area contributed by atoms with Gasteiger partial charge in [-0.2, -0.15) is 0 Å². The summed E-state index contributed by atoms with van der Waals surface area (Å²) in [6.45, 7) is 7.35. The molecule has 3 heteroatoms. The smallest absolute Gasteiger partial charge is 0.305 e. The van der Waals surface area contributed by atoms with E-state index in [9.17, 15) is 9.59 Å². The van der Waals surface area contributed by atoms with Crippen molar-refractivity contribution in [2.75, 3.05) is 6.61 Å². The molecule has 0 aromatic rings. The molecule has 3 nitrogen and oxygen atoms in total.